The quantitative estimate of drug-likeness (QED) is 0.0539. The molecular weight excluding hydrogens is 932 g/mol. The first kappa shape index (κ1) is 34.9. The van der Waals surface area contributed by atoms with Gasteiger partial charge in [0.05, 0.1) is 0 Å². The van der Waals surface area contributed by atoms with Crippen molar-refractivity contribution in [3.05, 3.63) is 109 Å². The zero-order valence-corrected chi connectivity index (χ0v) is 28.1. The van der Waals surface area contributed by atoms with Crippen LogP contribution in [0, 0.1) is 24.7 Å². The van der Waals surface area contributed by atoms with Crippen molar-refractivity contribution in [2.75, 3.05) is 5.90 Å². The second kappa shape index (κ2) is 15.8. The van der Waals surface area contributed by atoms with E-state index in [-0.39, 0.29) is 44.8 Å². The number of fused-ring (bicyclic) bond motifs is 6. The maximum Gasteiger partial charge on any atom is 1.00 e. The summed E-state index contributed by atoms with van der Waals surface area (Å²) >= 11 is 0. The van der Waals surface area contributed by atoms with E-state index in [1.807, 2.05) is 36.4 Å². The maximum absolute atomic E-state index is 10.9. The van der Waals surface area contributed by atoms with Crippen LogP contribution in [0.4, 0.5) is 16.8 Å². The monoisotopic (exact) mass is 956 g/mol. The Morgan fingerprint density at radius 1 is 0.561 bits per heavy atom. The van der Waals surface area contributed by atoms with Crippen LogP contribution in [0.5, 0.6) is 0 Å². The molecule has 4 aromatic carbocycles. The second-order valence-corrected chi connectivity index (χ2v) is 11.5. The molecule has 2 aromatic heterocycles. The molecule has 10 heteroatoms. The summed E-state index contributed by atoms with van der Waals surface area (Å²) in [5.41, 5.74) is 6.38. The Kier molecular flexibility index (Phi) is 13.4. The van der Waals surface area contributed by atoms with Crippen LogP contribution < -0.4 is 0 Å². The molecule has 6 aromatic rings. The fraction of sp³-hybridized carbons (Fsp3) is 0.0968. The summed E-state index contributed by atoms with van der Waals surface area (Å²) in [4.78, 5) is 0. The van der Waals surface area contributed by atoms with E-state index in [2.05, 4.69) is 83.6 Å². The van der Waals surface area contributed by atoms with Crippen molar-refractivity contribution in [2.45, 2.75) is 0 Å². The van der Waals surface area contributed by atoms with Crippen LogP contribution in [0.25, 0.3) is 43.6 Å². The number of halogens is 4. The van der Waals surface area contributed by atoms with Crippen molar-refractivity contribution in [2.24, 2.45) is 14.1 Å². The summed E-state index contributed by atoms with van der Waals surface area (Å²) in [5, 5.41) is 4.99. The summed E-state index contributed by atoms with van der Waals surface area (Å²) in [6.45, 7) is 0. The molecule has 0 unspecified atom stereocenters. The molecule has 6 rings (SSSR count). The molecular formula is C31H24Au2F4N2P2+2. The largest absolute Gasteiger partial charge is 1.00 e. The van der Waals surface area contributed by atoms with Gasteiger partial charge in [-0.25, -0.2) is 0 Å². The van der Waals surface area contributed by atoms with Gasteiger partial charge in [0.25, 0.3) is 5.90 Å². The number of hydrogen-bond donors (Lipinski definition) is 0. The van der Waals surface area contributed by atoms with Gasteiger partial charge < -0.3 is 22.0 Å². The van der Waals surface area contributed by atoms with Gasteiger partial charge in [-0.05, 0) is 28.9 Å². The van der Waals surface area contributed by atoms with Gasteiger partial charge in [-0.2, -0.15) is 0 Å². The third-order valence-corrected chi connectivity index (χ3v) is 8.52. The van der Waals surface area contributed by atoms with Crippen LogP contribution in [-0.2, 0) is 58.9 Å². The second-order valence-electron chi connectivity index (χ2n) is 8.72. The standard InChI is InChI=1S/2C15H10N.CH2F4P2.2Au/c2*1-3-11-8-9-13-12-6-4-5-7-14(12)16(2)15(13)10-11;2-6(3)1-7(4)5;;/h2*4-10H,2H3;1H2;;/q2*-1;;2*+1/p+2. The number of hydrogen-bond acceptors (Lipinski definition) is 0. The molecule has 41 heavy (non-hydrogen) atoms. The Balaban J connectivity index is 0.000000226. The van der Waals surface area contributed by atoms with E-state index < -0.39 is 23.0 Å². The minimum atomic E-state index is -3.64. The van der Waals surface area contributed by atoms with Gasteiger partial charge in [-0.15, -0.1) is 35.4 Å². The fourth-order valence-electron chi connectivity index (χ4n) is 4.58. The molecule has 0 amide bonds. The van der Waals surface area contributed by atoms with Crippen LogP contribution in [-0.4, -0.2) is 15.0 Å². The summed E-state index contributed by atoms with van der Waals surface area (Å²) in [5.74, 6) is 3.75. The molecule has 0 radical (unpaired) electrons. The molecule has 2 heterocycles. The molecule has 216 valence electrons. The summed E-state index contributed by atoms with van der Waals surface area (Å²) in [6, 6.07) is 28.7. The summed E-state index contributed by atoms with van der Waals surface area (Å²) < 4.78 is 48.0. The van der Waals surface area contributed by atoms with Crippen molar-refractivity contribution >= 4 is 60.7 Å². The smallest absolute Gasteiger partial charge is 0.366 e. The first-order valence-electron chi connectivity index (χ1n) is 11.9. The van der Waals surface area contributed by atoms with Crippen molar-refractivity contribution in [3.63, 3.8) is 0 Å². The van der Waals surface area contributed by atoms with E-state index in [1.165, 1.54) is 32.6 Å². The van der Waals surface area contributed by atoms with Crippen LogP contribution in [0.1, 0.15) is 11.1 Å². The van der Waals surface area contributed by atoms with Crippen LogP contribution in [0.3, 0.4) is 0 Å². The number of para-hydroxylation sites is 2. The van der Waals surface area contributed by atoms with E-state index in [1.54, 1.807) is 0 Å². The third kappa shape index (κ3) is 7.94. The van der Waals surface area contributed by atoms with Crippen LogP contribution in [0.2, 0.25) is 0 Å². The maximum atomic E-state index is 10.9. The predicted molar refractivity (Wildman–Crippen MR) is 159 cm³/mol. The van der Waals surface area contributed by atoms with Crippen LogP contribution in [0.15, 0.2) is 84.9 Å². The SMILES string of the molecule is F[PH+](F)C[PH+](F)F.[Au+].[Au+].[C-]#Cc1ccc2c3ccccc3n(C)c2c1.[C-]#Cc1ccc2c3ccccc3n(C)c2c1. The number of benzene rings is 4. The first-order chi connectivity index (χ1) is 18.7. The average Bonchev–Trinajstić information content (AvgIpc) is 3.39. The van der Waals surface area contributed by atoms with E-state index in [0.29, 0.717) is 0 Å². The number of aromatic nitrogens is 2. The van der Waals surface area contributed by atoms with Crippen molar-refractivity contribution in [3.8, 4) is 11.8 Å². The molecule has 0 spiro atoms. The van der Waals surface area contributed by atoms with Gasteiger partial charge in [0.1, 0.15) is 0 Å². The predicted octanol–water partition coefficient (Wildman–Crippen LogP) is 9.44. The Morgan fingerprint density at radius 2 is 0.902 bits per heavy atom. The topological polar surface area (TPSA) is 9.86 Å². The molecule has 0 atom stereocenters. The number of aryl methyl sites for hydroxylation is 2. The molecule has 0 aliphatic carbocycles. The summed E-state index contributed by atoms with van der Waals surface area (Å²) in [7, 11) is -3.17. The molecule has 0 fully saturated rings. The molecule has 0 aliphatic rings. The van der Waals surface area contributed by atoms with Gasteiger partial charge in [0.15, 0.2) is 0 Å². The normalized spacial score (nSPS) is 10.3. The van der Waals surface area contributed by atoms with Gasteiger partial charge >= 0.3 is 61.8 Å². The van der Waals surface area contributed by atoms with Crippen molar-refractivity contribution in [1.29, 1.82) is 0 Å². The Labute approximate surface area is 270 Å². The average molecular weight is 956 g/mol. The van der Waals surface area contributed by atoms with Gasteiger partial charge in [-0.1, -0.05) is 48.5 Å². The third-order valence-electron chi connectivity index (χ3n) is 6.39. The Bertz CT molecular complexity index is 1730. The summed E-state index contributed by atoms with van der Waals surface area (Å²) in [6.07, 6.45) is 14.3. The zero-order valence-electron chi connectivity index (χ0n) is 21.8. The first-order valence-corrected chi connectivity index (χ1v) is 14.8. The molecule has 0 saturated carbocycles. The van der Waals surface area contributed by atoms with Crippen molar-refractivity contribution in [1.82, 2.24) is 9.13 Å². The molecule has 0 bridgehead atoms. The van der Waals surface area contributed by atoms with Gasteiger partial charge in [0, 0.05) is 57.7 Å². The fourth-order valence-corrected chi connectivity index (χ4v) is 5.39. The van der Waals surface area contributed by atoms with Crippen molar-refractivity contribution < 1.29 is 61.5 Å². The molecule has 0 saturated heterocycles. The molecule has 2 nitrogen and oxygen atoms in total. The van der Waals surface area contributed by atoms with E-state index in [4.69, 9.17) is 12.8 Å². The van der Waals surface area contributed by atoms with E-state index in [9.17, 15) is 16.8 Å². The van der Waals surface area contributed by atoms with E-state index >= 15 is 0 Å². The minimum absolute atomic E-state index is 0. The van der Waals surface area contributed by atoms with Gasteiger partial charge in [0.2, 0.25) is 0 Å². The minimum Gasteiger partial charge on any atom is -0.366 e. The Hall–Kier alpha value is -2.34. The van der Waals surface area contributed by atoms with Crippen LogP contribution >= 0.6 is 17.1 Å². The molecule has 0 aliphatic heterocycles. The number of nitrogens with zero attached hydrogens (tertiary/aromatic N) is 2. The van der Waals surface area contributed by atoms with E-state index in [0.717, 1.165) is 22.2 Å². The van der Waals surface area contributed by atoms with Gasteiger partial charge in [-0.3, -0.25) is 11.8 Å². The molecule has 0 N–H and O–H groups in total. The number of rotatable bonds is 2. The Morgan fingerprint density at radius 3 is 1.22 bits per heavy atom. The zero-order chi connectivity index (χ0) is 28.1.